The SMILES string of the molecule is COc1ccc(C)cc1C[NH+]1CCN(C(=S)Nc2ccc(OC(F)F)cc2)CC1. The first-order chi connectivity index (χ1) is 13.9. The van der Waals surface area contributed by atoms with Gasteiger partial charge in [0.05, 0.1) is 33.3 Å². The van der Waals surface area contributed by atoms with Crippen molar-refractivity contribution in [3.63, 3.8) is 0 Å². The lowest BCUT2D eigenvalue weighted by molar-refractivity contribution is -0.917. The second-order valence-corrected chi connectivity index (χ2v) is 7.45. The molecule has 1 aliphatic rings. The summed E-state index contributed by atoms with van der Waals surface area (Å²) in [6.07, 6.45) is 0. The van der Waals surface area contributed by atoms with E-state index in [1.54, 1.807) is 19.2 Å². The normalized spacial score (nSPS) is 14.7. The fraction of sp³-hybridized carbons (Fsp3) is 0.381. The average Bonchev–Trinajstić information content (AvgIpc) is 2.70. The molecular weight excluding hydrogens is 396 g/mol. The van der Waals surface area contributed by atoms with Crippen LogP contribution in [-0.4, -0.2) is 49.9 Å². The zero-order chi connectivity index (χ0) is 20.8. The lowest BCUT2D eigenvalue weighted by Crippen LogP contribution is -3.13. The number of methoxy groups -OCH3 is 1. The van der Waals surface area contributed by atoms with E-state index in [9.17, 15) is 8.78 Å². The lowest BCUT2D eigenvalue weighted by Gasteiger charge is -2.34. The maximum Gasteiger partial charge on any atom is 0.387 e. The number of piperazine rings is 1. The van der Waals surface area contributed by atoms with E-state index in [1.807, 2.05) is 6.07 Å². The van der Waals surface area contributed by atoms with Gasteiger partial charge in [-0.2, -0.15) is 8.78 Å². The average molecular weight is 423 g/mol. The van der Waals surface area contributed by atoms with Crippen LogP contribution in [0.2, 0.25) is 0 Å². The summed E-state index contributed by atoms with van der Waals surface area (Å²) < 4.78 is 34.3. The largest absolute Gasteiger partial charge is 0.496 e. The minimum Gasteiger partial charge on any atom is -0.496 e. The van der Waals surface area contributed by atoms with E-state index >= 15 is 0 Å². The predicted molar refractivity (Wildman–Crippen MR) is 113 cm³/mol. The van der Waals surface area contributed by atoms with E-state index in [-0.39, 0.29) is 5.75 Å². The van der Waals surface area contributed by atoms with Crippen LogP contribution in [0.25, 0.3) is 0 Å². The molecule has 0 aromatic heterocycles. The predicted octanol–water partition coefficient (Wildman–Crippen LogP) is 2.70. The molecule has 1 heterocycles. The van der Waals surface area contributed by atoms with Crippen LogP contribution in [0.4, 0.5) is 14.5 Å². The molecule has 2 N–H and O–H groups in total. The Balaban J connectivity index is 1.50. The van der Waals surface area contributed by atoms with Crippen LogP contribution in [0, 0.1) is 6.92 Å². The van der Waals surface area contributed by atoms with E-state index in [1.165, 1.54) is 28.2 Å². The first kappa shape index (κ1) is 21.3. The number of hydrogen-bond acceptors (Lipinski definition) is 3. The van der Waals surface area contributed by atoms with Crippen molar-refractivity contribution in [2.24, 2.45) is 0 Å². The molecule has 0 atom stereocenters. The second kappa shape index (κ2) is 9.84. The minimum atomic E-state index is -2.83. The highest BCUT2D eigenvalue weighted by atomic mass is 32.1. The number of thiocarbonyl (C=S) groups is 1. The first-order valence-corrected chi connectivity index (χ1v) is 9.93. The summed E-state index contributed by atoms with van der Waals surface area (Å²) in [5, 5.41) is 3.81. The molecule has 0 amide bonds. The second-order valence-electron chi connectivity index (χ2n) is 7.06. The Hall–Kier alpha value is -2.45. The van der Waals surface area contributed by atoms with Gasteiger partial charge in [0.1, 0.15) is 18.0 Å². The Morgan fingerprint density at radius 1 is 1.17 bits per heavy atom. The highest BCUT2D eigenvalue weighted by Crippen LogP contribution is 2.19. The summed E-state index contributed by atoms with van der Waals surface area (Å²) in [5.41, 5.74) is 3.20. The van der Waals surface area contributed by atoms with Gasteiger partial charge in [-0.15, -0.1) is 0 Å². The van der Waals surface area contributed by atoms with Crippen LogP contribution in [-0.2, 0) is 6.54 Å². The molecule has 2 aromatic carbocycles. The standard InChI is InChI=1S/C21H25F2N3O2S/c1-15-3-8-19(27-2)16(13-15)14-25-9-11-26(12-10-25)21(29)24-17-4-6-18(7-5-17)28-20(22)23/h3-8,13,20H,9-12,14H2,1-2H3,(H,24,29)/p+1. The molecule has 2 aromatic rings. The fourth-order valence-electron chi connectivity index (χ4n) is 3.44. The molecule has 0 bridgehead atoms. The van der Waals surface area contributed by atoms with E-state index in [0.29, 0.717) is 5.11 Å². The third kappa shape index (κ3) is 6.01. The topological polar surface area (TPSA) is 38.2 Å². The van der Waals surface area contributed by atoms with Crippen molar-refractivity contribution in [1.29, 1.82) is 0 Å². The van der Waals surface area contributed by atoms with E-state index < -0.39 is 6.61 Å². The zero-order valence-electron chi connectivity index (χ0n) is 16.6. The highest BCUT2D eigenvalue weighted by Gasteiger charge is 2.23. The molecule has 0 radical (unpaired) electrons. The molecule has 8 heteroatoms. The van der Waals surface area contributed by atoms with Gasteiger partial charge in [-0.25, -0.2) is 0 Å². The molecular formula is C21H26F2N3O2S+. The molecule has 0 unspecified atom stereocenters. The number of anilines is 1. The zero-order valence-corrected chi connectivity index (χ0v) is 17.4. The quantitative estimate of drug-likeness (QED) is 0.701. The van der Waals surface area contributed by atoms with E-state index in [0.717, 1.165) is 44.2 Å². The van der Waals surface area contributed by atoms with Gasteiger partial charge in [0.15, 0.2) is 5.11 Å². The summed E-state index contributed by atoms with van der Waals surface area (Å²) in [6, 6.07) is 12.6. The third-order valence-corrected chi connectivity index (χ3v) is 5.33. The Kier molecular flexibility index (Phi) is 7.22. The molecule has 1 saturated heterocycles. The lowest BCUT2D eigenvalue weighted by atomic mass is 10.1. The number of alkyl halides is 2. The molecule has 156 valence electrons. The number of quaternary nitrogens is 1. The highest BCUT2D eigenvalue weighted by molar-refractivity contribution is 7.80. The molecule has 0 aliphatic carbocycles. The Morgan fingerprint density at radius 3 is 2.48 bits per heavy atom. The van der Waals surface area contributed by atoms with Gasteiger partial charge in [0, 0.05) is 11.3 Å². The monoisotopic (exact) mass is 422 g/mol. The van der Waals surface area contributed by atoms with Gasteiger partial charge in [0.2, 0.25) is 0 Å². The molecule has 0 spiro atoms. The molecule has 29 heavy (non-hydrogen) atoms. The van der Waals surface area contributed by atoms with Gasteiger partial charge in [-0.3, -0.25) is 0 Å². The number of hydrogen-bond donors (Lipinski definition) is 2. The Bertz CT molecular complexity index is 825. The summed E-state index contributed by atoms with van der Waals surface area (Å²) in [4.78, 5) is 3.62. The van der Waals surface area contributed by atoms with Crippen molar-refractivity contribution in [1.82, 2.24) is 4.90 Å². The molecule has 1 aliphatic heterocycles. The summed E-state index contributed by atoms with van der Waals surface area (Å²) in [7, 11) is 1.71. The number of nitrogens with one attached hydrogen (secondary N) is 2. The van der Waals surface area contributed by atoms with Crippen LogP contribution >= 0.6 is 12.2 Å². The van der Waals surface area contributed by atoms with Gasteiger partial charge in [-0.1, -0.05) is 11.6 Å². The van der Waals surface area contributed by atoms with Crippen LogP contribution < -0.4 is 19.7 Å². The number of aryl methyl sites for hydroxylation is 1. The summed E-state index contributed by atoms with van der Waals surface area (Å²) in [6.45, 7) is 3.83. The number of halogens is 2. The van der Waals surface area contributed by atoms with Crippen molar-refractivity contribution >= 4 is 23.0 Å². The third-order valence-electron chi connectivity index (χ3n) is 4.96. The van der Waals surface area contributed by atoms with E-state index in [2.05, 4.69) is 34.0 Å². The number of benzene rings is 2. The Morgan fingerprint density at radius 2 is 1.86 bits per heavy atom. The van der Waals surface area contributed by atoms with Crippen molar-refractivity contribution in [3.05, 3.63) is 53.6 Å². The van der Waals surface area contributed by atoms with Crippen LogP contribution in [0.15, 0.2) is 42.5 Å². The summed E-state index contributed by atoms with van der Waals surface area (Å²) >= 11 is 5.52. The van der Waals surface area contributed by atoms with Crippen LogP contribution in [0.5, 0.6) is 11.5 Å². The van der Waals surface area contributed by atoms with E-state index in [4.69, 9.17) is 17.0 Å². The van der Waals surface area contributed by atoms with Gasteiger partial charge >= 0.3 is 6.61 Å². The number of rotatable bonds is 6. The van der Waals surface area contributed by atoms with Gasteiger partial charge < -0.3 is 24.6 Å². The maximum atomic E-state index is 12.2. The minimum absolute atomic E-state index is 0.125. The van der Waals surface area contributed by atoms with Crippen LogP contribution in [0.1, 0.15) is 11.1 Å². The smallest absolute Gasteiger partial charge is 0.387 e. The van der Waals surface area contributed by atoms with Crippen LogP contribution in [0.3, 0.4) is 0 Å². The van der Waals surface area contributed by atoms with Crippen molar-refractivity contribution in [2.45, 2.75) is 20.1 Å². The summed E-state index contributed by atoms with van der Waals surface area (Å²) in [5.74, 6) is 1.06. The molecule has 5 nitrogen and oxygen atoms in total. The Labute approximate surface area is 175 Å². The van der Waals surface area contributed by atoms with Crippen molar-refractivity contribution < 1.29 is 23.2 Å². The van der Waals surface area contributed by atoms with Gasteiger partial charge in [-0.05, 0) is 55.5 Å². The number of ether oxygens (including phenoxy) is 2. The van der Waals surface area contributed by atoms with Gasteiger partial charge in [0.25, 0.3) is 0 Å². The fourth-order valence-corrected chi connectivity index (χ4v) is 3.74. The first-order valence-electron chi connectivity index (χ1n) is 9.52. The maximum absolute atomic E-state index is 12.2. The van der Waals surface area contributed by atoms with Crippen molar-refractivity contribution in [3.8, 4) is 11.5 Å². The van der Waals surface area contributed by atoms with Crippen molar-refractivity contribution in [2.75, 3.05) is 38.6 Å². The molecule has 1 fully saturated rings. The number of nitrogens with zero attached hydrogens (tertiary/aromatic N) is 1. The molecule has 3 rings (SSSR count). The molecule has 0 saturated carbocycles.